The van der Waals surface area contributed by atoms with Crippen LogP contribution in [0.5, 0.6) is 0 Å². The summed E-state index contributed by atoms with van der Waals surface area (Å²) in [5, 5.41) is 21.2. The number of ether oxygens (including phenoxy) is 2. The molecule has 3 fully saturated rings. The number of esters is 1. The van der Waals surface area contributed by atoms with Crippen molar-refractivity contribution >= 4 is 17.5 Å². The number of hydrogen-bond donors (Lipinski definition) is 2. The van der Waals surface area contributed by atoms with Crippen LogP contribution in [0.1, 0.15) is 60.8 Å². The van der Waals surface area contributed by atoms with E-state index in [1.807, 2.05) is 13.8 Å². The lowest BCUT2D eigenvalue weighted by Crippen LogP contribution is -2.65. The molecule has 0 saturated carbocycles. The van der Waals surface area contributed by atoms with Gasteiger partial charge in [0.1, 0.15) is 23.9 Å². The Bertz CT molecular complexity index is 613. The second kappa shape index (κ2) is 7.60. The summed E-state index contributed by atoms with van der Waals surface area (Å²) < 4.78 is 11.1. The van der Waals surface area contributed by atoms with Gasteiger partial charge in [-0.2, -0.15) is 0 Å². The summed E-state index contributed by atoms with van der Waals surface area (Å²) >= 11 is 0. The van der Waals surface area contributed by atoms with Crippen LogP contribution in [-0.4, -0.2) is 57.3 Å². The number of aliphatic hydroxyl groups excluding tert-OH is 1. The standard InChI is InChI=1S/C20H32O7/c1-7-14-20(6,25)13(21)8-10(2)11(3)9-19(5)17(23)16(27-19)15(22)12(4)18(24)26-14/h10-12,14-16,22,25H,7-9H2,1-6H3. The minimum atomic E-state index is -1.81. The second-order valence-electron chi connectivity index (χ2n) is 8.68. The van der Waals surface area contributed by atoms with Crippen LogP contribution in [-0.2, 0) is 23.9 Å². The van der Waals surface area contributed by atoms with Gasteiger partial charge in [0.15, 0.2) is 17.2 Å². The average molecular weight is 384 g/mol. The highest BCUT2D eigenvalue weighted by molar-refractivity contribution is 5.96. The van der Waals surface area contributed by atoms with Crippen LogP contribution < -0.4 is 0 Å². The molecule has 0 radical (unpaired) electrons. The Morgan fingerprint density at radius 1 is 1.11 bits per heavy atom. The van der Waals surface area contributed by atoms with Gasteiger partial charge in [-0.25, -0.2) is 0 Å². The Balaban J connectivity index is 2.36. The molecule has 0 spiro atoms. The van der Waals surface area contributed by atoms with Gasteiger partial charge in [0.25, 0.3) is 0 Å². The second-order valence-corrected chi connectivity index (χ2v) is 8.68. The molecule has 0 aromatic carbocycles. The van der Waals surface area contributed by atoms with E-state index in [0.29, 0.717) is 6.42 Å². The number of aliphatic hydroxyl groups is 2. The lowest BCUT2D eigenvalue weighted by atomic mass is 9.74. The van der Waals surface area contributed by atoms with Crippen molar-refractivity contribution in [1.29, 1.82) is 0 Å². The molecule has 3 rings (SSSR count). The third kappa shape index (κ3) is 3.96. The molecule has 7 nitrogen and oxygen atoms in total. The number of hydrogen-bond acceptors (Lipinski definition) is 7. The molecule has 0 amide bonds. The fourth-order valence-electron chi connectivity index (χ4n) is 3.95. The average Bonchev–Trinajstić information content (AvgIpc) is 2.61. The van der Waals surface area contributed by atoms with E-state index in [4.69, 9.17) is 9.47 Å². The number of carbonyl (C=O) groups is 3. The van der Waals surface area contributed by atoms with Crippen molar-refractivity contribution in [3.63, 3.8) is 0 Å². The van der Waals surface area contributed by atoms with Crippen LogP contribution in [0.2, 0.25) is 0 Å². The topological polar surface area (TPSA) is 110 Å². The molecule has 154 valence electrons. The smallest absolute Gasteiger partial charge is 0.311 e. The molecule has 8 atom stereocenters. The van der Waals surface area contributed by atoms with Crippen molar-refractivity contribution in [2.45, 2.75) is 90.3 Å². The van der Waals surface area contributed by atoms with E-state index in [9.17, 15) is 24.6 Å². The van der Waals surface area contributed by atoms with Crippen molar-refractivity contribution in [2.75, 3.05) is 0 Å². The maximum atomic E-state index is 12.7. The minimum absolute atomic E-state index is 0.0141. The van der Waals surface area contributed by atoms with Crippen LogP contribution in [0.15, 0.2) is 0 Å². The van der Waals surface area contributed by atoms with Gasteiger partial charge in [0, 0.05) is 6.42 Å². The van der Waals surface area contributed by atoms with E-state index in [2.05, 4.69) is 0 Å². The van der Waals surface area contributed by atoms with E-state index >= 15 is 0 Å². The molecular formula is C20H32O7. The van der Waals surface area contributed by atoms with Gasteiger partial charge in [-0.15, -0.1) is 0 Å². The monoisotopic (exact) mass is 384 g/mol. The zero-order valence-electron chi connectivity index (χ0n) is 17.0. The lowest BCUT2D eigenvalue weighted by molar-refractivity contribution is -0.226. The largest absolute Gasteiger partial charge is 0.459 e. The van der Waals surface area contributed by atoms with E-state index in [-0.39, 0.29) is 30.5 Å². The summed E-state index contributed by atoms with van der Waals surface area (Å²) in [6.45, 7) is 10.0. The van der Waals surface area contributed by atoms with E-state index in [1.165, 1.54) is 13.8 Å². The first-order chi connectivity index (χ1) is 12.3. The van der Waals surface area contributed by atoms with Crippen molar-refractivity contribution in [2.24, 2.45) is 17.8 Å². The number of Topliss-reactive ketones (excluding diaryl/α,β-unsaturated/α-hetero) is 2. The van der Waals surface area contributed by atoms with Crippen LogP contribution >= 0.6 is 0 Å². The fraction of sp³-hybridized carbons (Fsp3) is 0.850. The van der Waals surface area contributed by atoms with Gasteiger partial charge in [-0.1, -0.05) is 20.8 Å². The van der Waals surface area contributed by atoms with E-state index in [0.717, 1.165) is 0 Å². The number of carbonyl (C=O) groups excluding carboxylic acids is 3. The predicted molar refractivity (Wildman–Crippen MR) is 96.8 cm³/mol. The number of ketones is 2. The first-order valence-corrected chi connectivity index (χ1v) is 9.71. The maximum Gasteiger partial charge on any atom is 0.311 e. The first-order valence-electron chi connectivity index (χ1n) is 9.71. The third-order valence-electron chi connectivity index (χ3n) is 6.37. The van der Waals surface area contributed by atoms with Gasteiger partial charge >= 0.3 is 5.97 Å². The Kier molecular flexibility index (Phi) is 6.19. The molecule has 3 heterocycles. The highest BCUT2D eigenvalue weighted by Crippen LogP contribution is 2.40. The zero-order valence-corrected chi connectivity index (χ0v) is 17.0. The molecule has 3 saturated heterocycles. The molecule has 2 N–H and O–H groups in total. The highest BCUT2D eigenvalue weighted by Gasteiger charge is 2.57. The van der Waals surface area contributed by atoms with E-state index < -0.39 is 47.2 Å². The van der Waals surface area contributed by atoms with Gasteiger partial charge in [-0.05, 0) is 45.4 Å². The summed E-state index contributed by atoms with van der Waals surface area (Å²) in [6.07, 6.45) is -2.68. The first kappa shape index (κ1) is 22.0. The quantitative estimate of drug-likeness (QED) is 0.658. The molecule has 8 unspecified atom stereocenters. The summed E-state index contributed by atoms with van der Waals surface area (Å²) in [6, 6.07) is 0. The molecule has 27 heavy (non-hydrogen) atoms. The summed E-state index contributed by atoms with van der Waals surface area (Å²) in [4.78, 5) is 37.8. The SMILES string of the molecule is CCC1OC(=O)C(C)C(O)C2OC(C)(CC(C)C(C)CC(=O)C1(C)O)C2=O. The van der Waals surface area contributed by atoms with Crippen molar-refractivity contribution in [3.8, 4) is 0 Å². The fourth-order valence-corrected chi connectivity index (χ4v) is 3.95. The molecule has 7 heteroatoms. The molecule has 2 bridgehead atoms. The Labute approximate surface area is 160 Å². The van der Waals surface area contributed by atoms with Crippen LogP contribution in [0.25, 0.3) is 0 Å². The maximum absolute atomic E-state index is 12.7. The lowest BCUT2D eigenvalue weighted by Gasteiger charge is -2.48. The molecule has 3 aliphatic heterocycles. The van der Waals surface area contributed by atoms with E-state index in [1.54, 1.807) is 13.8 Å². The third-order valence-corrected chi connectivity index (χ3v) is 6.37. The highest BCUT2D eigenvalue weighted by atomic mass is 16.6. The normalized spacial score (nSPS) is 47.0. The Morgan fingerprint density at radius 3 is 2.22 bits per heavy atom. The number of rotatable bonds is 1. The van der Waals surface area contributed by atoms with Crippen molar-refractivity contribution < 1.29 is 34.1 Å². The molecule has 3 aliphatic rings. The summed E-state index contributed by atoms with van der Waals surface area (Å²) in [5.74, 6) is -2.56. The van der Waals surface area contributed by atoms with Crippen LogP contribution in [0.3, 0.4) is 0 Å². The van der Waals surface area contributed by atoms with Gasteiger partial charge < -0.3 is 19.7 Å². The van der Waals surface area contributed by atoms with Gasteiger partial charge in [0.05, 0.1) is 5.92 Å². The van der Waals surface area contributed by atoms with Gasteiger partial charge in [-0.3, -0.25) is 14.4 Å². The van der Waals surface area contributed by atoms with Crippen LogP contribution in [0.4, 0.5) is 0 Å². The molecule has 0 aromatic heterocycles. The summed E-state index contributed by atoms with van der Waals surface area (Å²) in [5.41, 5.74) is -2.85. The molecular weight excluding hydrogens is 352 g/mol. The molecule has 0 aliphatic carbocycles. The number of fused-ring (bicyclic) bond motifs is 10. The Morgan fingerprint density at radius 2 is 1.70 bits per heavy atom. The minimum Gasteiger partial charge on any atom is -0.459 e. The van der Waals surface area contributed by atoms with Crippen LogP contribution in [0, 0.1) is 17.8 Å². The zero-order chi connectivity index (χ0) is 20.7. The van der Waals surface area contributed by atoms with Gasteiger partial charge in [0.2, 0.25) is 0 Å². The summed E-state index contributed by atoms with van der Waals surface area (Å²) in [7, 11) is 0. The Hall–Kier alpha value is -1.31. The van der Waals surface area contributed by atoms with Crippen molar-refractivity contribution in [1.82, 2.24) is 0 Å². The van der Waals surface area contributed by atoms with Crippen molar-refractivity contribution in [3.05, 3.63) is 0 Å². The predicted octanol–water partition coefficient (Wildman–Crippen LogP) is 1.42. The molecule has 0 aromatic rings.